The van der Waals surface area contributed by atoms with Crippen molar-refractivity contribution >= 4 is 17.2 Å². The number of hydrogen-bond acceptors (Lipinski definition) is 4. The molecular formula is C14H17N3O2S. The normalized spacial score (nSPS) is 12.1. The summed E-state index contributed by atoms with van der Waals surface area (Å²) >= 11 is 1.16. The van der Waals surface area contributed by atoms with Crippen LogP contribution in [0.5, 0.6) is 0 Å². The quantitative estimate of drug-likeness (QED) is 0.915. The Labute approximate surface area is 121 Å². The lowest BCUT2D eigenvalue weighted by molar-refractivity contribution is -0.122. The molecule has 2 aromatic heterocycles. The number of amides is 1. The van der Waals surface area contributed by atoms with Crippen LogP contribution in [-0.4, -0.2) is 15.5 Å². The molecular weight excluding hydrogens is 274 g/mol. The van der Waals surface area contributed by atoms with Crippen LogP contribution in [0.25, 0.3) is 0 Å². The summed E-state index contributed by atoms with van der Waals surface area (Å²) in [6, 6.07) is 5.46. The molecule has 2 rings (SSSR count). The van der Waals surface area contributed by atoms with Crippen molar-refractivity contribution < 1.29 is 4.79 Å². The molecule has 0 fully saturated rings. The monoisotopic (exact) mass is 291 g/mol. The average Bonchev–Trinajstić information content (AvgIpc) is 2.77. The highest BCUT2D eigenvalue weighted by Crippen LogP contribution is 2.08. The molecule has 0 bridgehead atoms. The molecule has 0 aliphatic carbocycles. The van der Waals surface area contributed by atoms with Gasteiger partial charge in [-0.2, -0.15) is 0 Å². The second-order valence-corrected chi connectivity index (χ2v) is 5.41. The minimum atomic E-state index is -0.135. The number of hydrogen-bond donors (Lipinski definition) is 1. The zero-order valence-corrected chi connectivity index (χ0v) is 12.3. The van der Waals surface area contributed by atoms with Crippen LogP contribution < -0.4 is 10.2 Å². The number of carbonyl (C=O) groups is 1. The zero-order valence-electron chi connectivity index (χ0n) is 11.5. The summed E-state index contributed by atoms with van der Waals surface area (Å²) in [6.45, 7) is 4.17. The Morgan fingerprint density at radius 1 is 1.50 bits per heavy atom. The first-order valence-corrected chi connectivity index (χ1v) is 7.31. The van der Waals surface area contributed by atoms with E-state index in [4.69, 9.17) is 0 Å². The SMILES string of the molecule is Cc1csc(=O)n1CCC(=O)NC(C)c1ccccn1. The molecule has 20 heavy (non-hydrogen) atoms. The van der Waals surface area contributed by atoms with Gasteiger partial charge in [-0.25, -0.2) is 0 Å². The van der Waals surface area contributed by atoms with Crippen LogP contribution in [0.15, 0.2) is 34.6 Å². The molecule has 0 aromatic carbocycles. The third-order valence-electron chi connectivity index (χ3n) is 3.05. The largest absolute Gasteiger partial charge is 0.348 e. The van der Waals surface area contributed by atoms with E-state index in [-0.39, 0.29) is 23.2 Å². The van der Waals surface area contributed by atoms with Crippen LogP contribution in [0.3, 0.4) is 0 Å². The Bertz CT molecular complexity index is 633. The summed E-state index contributed by atoms with van der Waals surface area (Å²) in [5.74, 6) is -0.0827. The number of rotatable bonds is 5. The van der Waals surface area contributed by atoms with E-state index in [1.165, 1.54) is 0 Å². The topological polar surface area (TPSA) is 64.0 Å². The standard InChI is InChI=1S/C14H17N3O2S/c1-10-9-20-14(19)17(10)8-6-13(18)16-11(2)12-5-3-4-7-15-12/h3-5,7,9,11H,6,8H2,1-2H3,(H,16,18). The smallest absolute Gasteiger partial charge is 0.307 e. The molecule has 0 spiro atoms. The van der Waals surface area contributed by atoms with Crippen LogP contribution in [0.1, 0.15) is 30.8 Å². The molecule has 0 saturated carbocycles. The second kappa shape index (κ2) is 6.47. The lowest BCUT2D eigenvalue weighted by Gasteiger charge is -2.13. The molecule has 1 atom stereocenters. The van der Waals surface area contributed by atoms with Gasteiger partial charge in [0.2, 0.25) is 5.91 Å². The van der Waals surface area contributed by atoms with Crippen molar-refractivity contribution in [2.75, 3.05) is 0 Å². The van der Waals surface area contributed by atoms with Gasteiger partial charge < -0.3 is 9.88 Å². The van der Waals surface area contributed by atoms with Crippen LogP contribution in [-0.2, 0) is 11.3 Å². The Hall–Kier alpha value is -1.95. The predicted molar refractivity (Wildman–Crippen MR) is 78.7 cm³/mol. The molecule has 0 saturated heterocycles. The molecule has 1 unspecified atom stereocenters. The van der Waals surface area contributed by atoms with Crippen LogP contribution in [0.4, 0.5) is 0 Å². The Morgan fingerprint density at radius 2 is 2.30 bits per heavy atom. The fourth-order valence-electron chi connectivity index (χ4n) is 1.91. The van der Waals surface area contributed by atoms with E-state index in [2.05, 4.69) is 10.3 Å². The Morgan fingerprint density at radius 3 is 2.90 bits per heavy atom. The highest BCUT2D eigenvalue weighted by Gasteiger charge is 2.11. The van der Waals surface area contributed by atoms with Gasteiger partial charge in [-0.3, -0.25) is 14.6 Å². The first kappa shape index (κ1) is 14.5. The molecule has 0 radical (unpaired) electrons. The van der Waals surface area contributed by atoms with Gasteiger partial charge in [0, 0.05) is 30.2 Å². The van der Waals surface area contributed by atoms with E-state index in [1.807, 2.05) is 32.0 Å². The van der Waals surface area contributed by atoms with Crippen LogP contribution in [0.2, 0.25) is 0 Å². The summed E-state index contributed by atoms with van der Waals surface area (Å²) in [5.41, 5.74) is 1.72. The summed E-state index contributed by atoms with van der Waals surface area (Å²) in [7, 11) is 0. The van der Waals surface area contributed by atoms with Gasteiger partial charge in [0.25, 0.3) is 0 Å². The predicted octanol–water partition coefficient (Wildman–Crippen LogP) is 1.88. The Kier molecular flexibility index (Phi) is 4.68. The fraction of sp³-hybridized carbons (Fsp3) is 0.357. The number of carbonyl (C=O) groups excluding carboxylic acids is 1. The molecule has 106 valence electrons. The van der Waals surface area contributed by atoms with E-state index < -0.39 is 0 Å². The lowest BCUT2D eigenvalue weighted by Crippen LogP contribution is -2.29. The van der Waals surface area contributed by atoms with E-state index in [0.29, 0.717) is 6.54 Å². The zero-order chi connectivity index (χ0) is 14.5. The maximum Gasteiger partial charge on any atom is 0.307 e. The third kappa shape index (κ3) is 3.54. The van der Waals surface area contributed by atoms with Crippen LogP contribution in [0, 0.1) is 6.92 Å². The van der Waals surface area contributed by atoms with Crippen molar-refractivity contribution in [1.29, 1.82) is 0 Å². The van der Waals surface area contributed by atoms with Gasteiger partial charge in [0.15, 0.2) is 0 Å². The fourth-order valence-corrected chi connectivity index (χ4v) is 2.67. The summed E-state index contributed by atoms with van der Waals surface area (Å²) in [5, 5.41) is 4.69. The highest BCUT2D eigenvalue weighted by atomic mass is 32.1. The number of thiazole rings is 1. The van der Waals surface area contributed by atoms with Gasteiger partial charge in [-0.1, -0.05) is 17.4 Å². The number of pyridine rings is 1. The minimum Gasteiger partial charge on any atom is -0.348 e. The first-order valence-electron chi connectivity index (χ1n) is 6.43. The number of nitrogens with one attached hydrogen (secondary N) is 1. The van der Waals surface area contributed by atoms with E-state index in [1.54, 1.807) is 16.1 Å². The van der Waals surface area contributed by atoms with Crippen LogP contribution >= 0.6 is 11.3 Å². The van der Waals surface area contributed by atoms with Crippen molar-refractivity contribution in [3.63, 3.8) is 0 Å². The summed E-state index contributed by atoms with van der Waals surface area (Å²) in [4.78, 5) is 27.6. The van der Waals surface area contributed by atoms with Gasteiger partial charge >= 0.3 is 4.87 Å². The van der Waals surface area contributed by atoms with E-state index in [0.717, 1.165) is 22.7 Å². The van der Waals surface area contributed by atoms with Gasteiger partial charge in [-0.15, -0.1) is 0 Å². The van der Waals surface area contributed by atoms with E-state index in [9.17, 15) is 9.59 Å². The number of aromatic nitrogens is 2. The molecule has 1 amide bonds. The molecule has 2 heterocycles. The van der Waals surface area contributed by atoms with Gasteiger partial charge in [-0.05, 0) is 26.0 Å². The molecule has 5 nitrogen and oxygen atoms in total. The first-order chi connectivity index (χ1) is 9.58. The molecule has 0 aliphatic rings. The lowest BCUT2D eigenvalue weighted by atomic mass is 10.2. The molecule has 1 N–H and O–H groups in total. The summed E-state index contributed by atoms with van der Waals surface area (Å²) < 4.78 is 1.62. The number of nitrogens with zero attached hydrogens (tertiary/aromatic N) is 2. The third-order valence-corrected chi connectivity index (χ3v) is 3.93. The van der Waals surface area contributed by atoms with Crippen molar-refractivity contribution in [1.82, 2.24) is 14.9 Å². The number of aryl methyl sites for hydroxylation is 1. The van der Waals surface area contributed by atoms with Crippen molar-refractivity contribution in [2.24, 2.45) is 0 Å². The molecule has 0 aliphatic heterocycles. The maximum absolute atomic E-state index is 11.9. The van der Waals surface area contributed by atoms with Crippen molar-refractivity contribution in [2.45, 2.75) is 32.9 Å². The van der Waals surface area contributed by atoms with E-state index >= 15 is 0 Å². The van der Waals surface area contributed by atoms with Crippen molar-refractivity contribution in [3.8, 4) is 0 Å². The second-order valence-electron chi connectivity index (χ2n) is 4.59. The van der Waals surface area contributed by atoms with Gasteiger partial charge in [0.05, 0.1) is 11.7 Å². The average molecular weight is 291 g/mol. The highest BCUT2D eigenvalue weighted by molar-refractivity contribution is 7.07. The Balaban J connectivity index is 1.89. The van der Waals surface area contributed by atoms with Crippen molar-refractivity contribution in [3.05, 3.63) is 50.8 Å². The summed E-state index contributed by atoms with van der Waals surface area (Å²) in [6.07, 6.45) is 1.99. The molecule has 2 aromatic rings. The minimum absolute atomic E-state index is 0.0203. The van der Waals surface area contributed by atoms with Gasteiger partial charge in [0.1, 0.15) is 0 Å². The maximum atomic E-state index is 11.9. The molecule has 6 heteroatoms.